The molecule has 0 spiro atoms. The molecule has 0 amide bonds. The molecular weight excluding hydrogens is 271 g/mol. The maximum absolute atomic E-state index is 13.8. The number of aromatic nitrogens is 1. The highest BCUT2D eigenvalue weighted by atomic mass is 19.1. The maximum atomic E-state index is 13.8. The third kappa shape index (κ3) is 2.58. The summed E-state index contributed by atoms with van der Waals surface area (Å²) >= 11 is 0. The third-order valence-corrected chi connectivity index (χ3v) is 3.08. The molecule has 0 atom stereocenters. The summed E-state index contributed by atoms with van der Waals surface area (Å²) in [4.78, 5) is 4.25. The summed E-state index contributed by atoms with van der Waals surface area (Å²) in [6.45, 7) is 0. The molecule has 0 aliphatic rings. The first-order valence-corrected chi connectivity index (χ1v) is 6.33. The molecule has 1 heterocycles. The summed E-state index contributed by atoms with van der Waals surface area (Å²) in [5, 5.41) is 0.744. The average Bonchev–Trinajstić information content (AvgIpc) is 2.50. The molecule has 4 nitrogen and oxygen atoms in total. The van der Waals surface area contributed by atoms with Gasteiger partial charge in [-0.1, -0.05) is 0 Å². The van der Waals surface area contributed by atoms with Crippen LogP contribution in [0.5, 0.6) is 17.2 Å². The van der Waals surface area contributed by atoms with Crippen molar-refractivity contribution in [1.82, 2.24) is 4.98 Å². The summed E-state index contributed by atoms with van der Waals surface area (Å²) in [7, 11) is 1.58. The van der Waals surface area contributed by atoms with E-state index in [1.165, 1.54) is 12.1 Å². The van der Waals surface area contributed by atoms with Crippen LogP contribution in [0.3, 0.4) is 0 Å². The van der Waals surface area contributed by atoms with Gasteiger partial charge in [-0.25, -0.2) is 4.39 Å². The molecule has 21 heavy (non-hydrogen) atoms. The molecule has 2 N–H and O–H groups in total. The molecular formula is C16H13FN2O2. The van der Waals surface area contributed by atoms with Crippen LogP contribution >= 0.6 is 0 Å². The molecule has 5 heteroatoms. The van der Waals surface area contributed by atoms with Gasteiger partial charge in [-0.05, 0) is 36.4 Å². The van der Waals surface area contributed by atoms with Gasteiger partial charge in [0.25, 0.3) is 0 Å². The SMILES string of the molecule is COc1ccc2nccc(Oc3ccc(N)cc3F)c2c1. The molecule has 0 aliphatic carbocycles. The van der Waals surface area contributed by atoms with E-state index in [-0.39, 0.29) is 5.75 Å². The molecule has 0 radical (unpaired) electrons. The smallest absolute Gasteiger partial charge is 0.167 e. The lowest BCUT2D eigenvalue weighted by molar-refractivity contribution is 0.415. The zero-order valence-corrected chi connectivity index (χ0v) is 11.3. The molecule has 0 bridgehead atoms. The predicted octanol–water partition coefficient (Wildman–Crippen LogP) is 3.76. The van der Waals surface area contributed by atoms with E-state index in [4.69, 9.17) is 15.2 Å². The van der Waals surface area contributed by atoms with Crippen LogP contribution in [0.25, 0.3) is 10.9 Å². The van der Waals surface area contributed by atoms with E-state index in [2.05, 4.69) is 4.98 Å². The fourth-order valence-electron chi connectivity index (χ4n) is 2.03. The first-order chi connectivity index (χ1) is 10.2. The fraction of sp³-hybridized carbons (Fsp3) is 0.0625. The lowest BCUT2D eigenvalue weighted by Crippen LogP contribution is -1.93. The number of fused-ring (bicyclic) bond motifs is 1. The van der Waals surface area contributed by atoms with Crippen LogP contribution in [-0.2, 0) is 0 Å². The second-order valence-electron chi connectivity index (χ2n) is 4.48. The Kier molecular flexibility index (Phi) is 3.31. The predicted molar refractivity (Wildman–Crippen MR) is 79.2 cm³/mol. The van der Waals surface area contributed by atoms with Crippen LogP contribution in [0.1, 0.15) is 0 Å². The van der Waals surface area contributed by atoms with E-state index in [0.29, 0.717) is 17.2 Å². The number of benzene rings is 2. The summed E-state index contributed by atoms with van der Waals surface area (Å²) in [5.74, 6) is 0.781. The van der Waals surface area contributed by atoms with Crippen molar-refractivity contribution in [3.8, 4) is 17.2 Å². The van der Waals surface area contributed by atoms with E-state index in [9.17, 15) is 4.39 Å². The lowest BCUT2D eigenvalue weighted by atomic mass is 10.2. The highest BCUT2D eigenvalue weighted by Crippen LogP contribution is 2.32. The van der Waals surface area contributed by atoms with Gasteiger partial charge >= 0.3 is 0 Å². The molecule has 0 unspecified atom stereocenters. The third-order valence-electron chi connectivity index (χ3n) is 3.08. The van der Waals surface area contributed by atoms with Crippen molar-refractivity contribution in [2.45, 2.75) is 0 Å². The monoisotopic (exact) mass is 284 g/mol. The van der Waals surface area contributed by atoms with Crippen molar-refractivity contribution in [2.75, 3.05) is 12.8 Å². The number of ether oxygens (including phenoxy) is 2. The molecule has 1 aromatic heterocycles. The Morgan fingerprint density at radius 1 is 1.05 bits per heavy atom. The lowest BCUT2D eigenvalue weighted by Gasteiger charge is -2.10. The number of nitrogens with zero attached hydrogens (tertiary/aromatic N) is 1. The van der Waals surface area contributed by atoms with Gasteiger partial charge in [0.2, 0.25) is 0 Å². The van der Waals surface area contributed by atoms with Crippen molar-refractivity contribution < 1.29 is 13.9 Å². The van der Waals surface area contributed by atoms with Gasteiger partial charge in [0, 0.05) is 23.3 Å². The van der Waals surface area contributed by atoms with Crippen molar-refractivity contribution >= 4 is 16.6 Å². The quantitative estimate of drug-likeness (QED) is 0.744. The Balaban J connectivity index is 2.07. The number of nitrogen functional groups attached to an aromatic ring is 1. The number of methoxy groups -OCH3 is 1. The largest absolute Gasteiger partial charge is 0.497 e. The van der Waals surface area contributed by atoms with Gasteiger partial charge in [-0.15, -0.1) is 0 Å². The second-order valence-corrected chi connectivity index (χ2v) is 4.48. The van der Waals surface area contributed by atoms with Gasteiger partial charge in [0.05, 0.1) is 12.6 Å². The Hall–Kier alpha value is -2.82. The minimum absolute atomic E-state index is 0.111. The van der Waals surface area contributed by atoms with E-state index in [1.54, 1.807) is 31.5 Å². The Morgan fingerprint density at radius 2 is 1.90 bits per heavy atom. The summed E-state index contributed by atoms with van der Waals surface area (Å²) < 4.78 is 24.7. The molecule has 3 rings (SSSR count). The summed E-state index contributed by atoms with van der Waals surface area (Å²) in [6, 6.07) is 11.4. The standard InChI is InChI=1S/C16H13FN2O2/c1-20-11-3-4-14-12(9-11)15(6-7-19-14)21-16-5-2-10(18)8-13(16)17/h2-9H,18H2,1H3. The highest BCUT2D eigenvalue weighted by Gasteiger charge is 2.09. The maximum Gasteiger partial charge on any atom is 0.167 e. The van der Waals surface area contributed by atoms with Crippen LogP contribution < -0.4 is 15.2 Å². The first-order valence-electron chi connectivity index (χ1n) is 6.33. The van der Waals surface area contributed by atoms with E-state index in [1.807, 2.05) is 12.1 Å². The van der Waals surface area contributed by atoms with Crippen molar-refractivity contribution in [3.05, 3.63) is 54.5 Å². The molecule has 0 saturated carbocycles. The number of hydrogen-bond acceptors (Lipinski definition) is 4. The van der Waals surface area contributed by atoms with Crippen LogP contribution in [0.4, 0.5) is 10.1 Å². The number of nitrogens with two attached hydrogens (primary N) is 1. The number of rotatable bonds is 3. The number of halogens is 1. The minimum atomic E-state index is -0.511. The number of hydrogen-bond donors (Lipinski definition) is 1. The summed E-state index contributed by atoms with van der Waals surface area (Å²) in [6.07, 6.45) is 1.61. The first kappa shape index (κ1) is 13.2. The van der Waals surface area contributed by atoms with Gasteiger partial charge < -0.3 is 15.2 Å². The zero-order valence-electron chi connectivity index (χ0n) is 11.3. The van der Waals surface area contributed by atoms with Crippen LogP contribution in [0, 0.1) is 5.82 Å². The van der Waals surface area contributed by atoms with Crippen LogP contribution in [0.15, 0.2) is 48.7 Å². The van der Waals surface area contributed by atoms with E-state index >= 15 is 0 Å². The fourth-order valence-corrected chi connectivity index (χ4v) is 2.03. The molecule has 0 fully saturated rings. The van der Waals surface area contributed by atoms with Crippen molar-refractivity contribution in [2.24, 2.45) is 0 Å². The summed E-state index contributed by atoms with van der Waals surface area (Å²) in [5.41, 5.74) is 6.62. The molecule has 106 valence electrons. The highest BCUT2D eigenvalue weighted by molar-refractivity contribution is 5.86. The Labute approximate surface area is 120 Å². The van der Waals surface area contributed by atoms with Gasteiger partial charge in [0.1, 0.15) is 11.5 Å². The number of pyridine rings is 1. The van der Waals surface area contributed by atoms with Gasteiger partial charge in [0.15, 0.2) is 11.6 Å². The molecule has 2 aromatic carbocycles. The zero-order chi connectivity index (χ0) is 14.8. The van der Waals surface area contributed by atoms with Crippen LogP contribution in [0.2, 0.25) is 0 Å². The van der Waals surface area contributed by atoms with Crippen molar-refractivity contribution in [1.29, 1.82) is 0 Å². The second kappa shape index (κ2) is 5.28. The Bertz CT molecular complexity index is 805. The van der Waals surface area contributed by atoms with E-state index < -0.39 is 5.82 Å². The average molecular weight is 284 g/mol. The normalized spacial score (nSPS) is 10.6. The van der Waals surface area contributed by atoms with Gasteiger partial charge in [-0.2, -0.15) is 0 Å². The number of anilines is 1. The van der Waals surface area contributed by atoms with E-state index in [0.717, 1.165) is 10.9 Å². The van der Waals surface area contributed by atoms with Crippen molar-refractivity contribution in [3.63, 3.8) is 0 Å². The molecule has 3 aromatic rings. The molecule has 0 saturated heterocycles. The van der Waals surface area contributed by atoms with Gasteiger partial charge in [-0.3, -0.25) is 4.98 Å². The molecule has 0 aliphatic heterocycles. The topological polar surface area (TPSA) is 57.4 Å². The Morgan fingerprint density at radius 3 is 2.67 bits per heavy atom. The van der Waals surface area contributed by atoms with Crippen LogP contribution in [-0.4, -0.2) is 12.1 Å². The minimum Gasteiger partial charge on any atom is -0.497 e.